The van der Waals surface area contributed by atoms with Crippen LogP contribution in [0.4, 0.5) is 18.9 Å². The molecule has 1 saturated heterocycles. The lowest BCUT2D eigenvalue weighted by Crippen LogP contribution is -2.48. The average molecular weight is 483 g/mol. The van der Waals surface area contributed by atoms with Gasteiger partial charge in [0.25, 0.3) is 0 Å². The summed E-state index contributed by atoms with van der Waals surface area (Å²) in [6, 6.07) is 21.6. The van der Waals surface area contributed by atoms with Crippen molar-refractivity contribution in [1.82, 2.24) is 4.90 Å². The molecule has 3 aromatic carbocycles. The van der Waals surface area contributed by atoms with Crippen molar-refractivity contribution >= 4 is 29.4 Å². The monoisotopic (exact) mass is 482 g/mol. The fourth-order valence-corrected chi connectivity index (χ4v) is 4.88. The third-order valence-corrected chi connectivity index (χ3v) is 7.01. The third kappa shape index (κ3) is 5.83. The van der Waals surface area contributed by atoms with Crippen LogP contribution in [0.25, 0.3) is 6.08 Å². The average Bonchev–Trinajstić information content (AvgIpc) is 2.84. The lowest BCUT2D eigenvalue weighted by Gasteiger charge is -2.35. The maximum absolute atomic E-state index is 13.8. The van der Waals surface area contributed by atoms with Gasteiger partial charge in [-0.25, -0.2) is 0 Å². The quantitative estimate of drug-likeness (QED) is 0.387. The van der Waals surface area contributed by atoms with Crippen molar-refractivity contribution in [2.24, 2.45) is 0 Å². The fraction of sp³-hybridized carbons (Fsp3) is 0.222. The largest absolute Gasteiger partial charge is 0.417 e. The van der Waals surface area contributed by atoms with Crippen molar-refractivity contribution in [2.45, 2.75) is 22.9 Å². The van der Waals surface area contributed by atoms with Crippen LogP contribution in [-0.2, 0) is 11.0 Å². The Hall–Kier alpha value is -3.19. The van der Waals surface area contributed by atoms with Crippen LogP contribution in [0.2, 0.25) is 0 Å². The molecule has 0 saturated carbocycles. The molecule has 1 amide bonds. The van der Waals surface area contributed by atoms with Crippen molar-refractivity contribution in [3.63, 3.8) is 0 Å². The van der Waals surface area contributed by atoms with Crippen molar-refractivity contribution in [3.05, 3.63) is 95.6 Å². The number of piperazine rings is 1. The number of hydrogen-bond donors (Lipinski definition) is 0. The lowest BCUT2D eigenvalue weighted by molar-refractivity contribution is -0.139. The summed E-state index contributed by atoms with van der Waals surface area (Å²) in [5.41, 5.74) is 1.68. The Labute approximate surface area is 201 Å². The van der Waals surface area contributed by atoms with Crippen molar-refractivity contribution in [2.75, 3.05) is 31.1 Å². The van der Waals surface area contributed by atoms with E-state index in [4.69, 9.17) is 0 Å². The lowest BCUT2D eigenvalue weighted by atomic mass is 10.1. The molecule has 0 spiro atoms. The first-order chi connectivity index (χ1) is 16.3. The van der Waals surface area contributed by atoms with Gasteiger partial charge in [-0.2, -0.15) is 13.2 Å². The molecule has 176 valence electrons. The predicted molar refractivity (Wildman–Crippen MR) is 131 cm³/mol. The van der Waals surface area contributed by atoms with E-state index in [0.717, 1.165) is 34.0 Å². The number of rotatable bonds is 5. The SMILES string of the molecule is Cc1ccccc1Sc1ccc(C=CC(=O)N2CCN(c3ccccc3)CC2)cc1C(F)(F)F. The molecule has 3 aromatic rings. The first-order valence-corrected chi connectivity index (χ1v) is 11.8. The minimum atomic E-state index is -4.49. The van der Waals surface area contributed by atoms with Gasteiger partial charge < -0.3 is 9.80 Å². The number of aryl methyl sites for hydroxylation is 1. The van der Waals surface area contributed by atoms with Crippen molar-refractivity contribution in [3.8, 4) is 0 Å². The van der Waals surface area contributed by atoms with Crippen molar-refractivity contribution < 1.29 is 18.0 Å². The van der Waals surface area contributed by atoms with E-state index in [0.29, 0.717) is 31.7 Å². The number of anilines is 1. The van der Waals surface area contributed by atoms with E-state index in [1.165, 1.54) is 18.2 Å². The van der Waals surface area contributed by atoms with Crippen LogP contribution in [0, 0.1) is 6.92 Å². The number of carbonyl (C=O) groups is 1. The molecule has 1 heterocycles. The predicted octanol–water partition coefficient (Wildman–Crippen LogP) is 6.53. The zero-order chi connectivity index (χ0) is 24.1. The Balaban J connectivity index is 1.44. The number of alkyl halides is 3. The van der Waals surface area contributed by atoms with Crippen LogP contribution >= 0.6 is 11.8 Å². The van der Waals surface area contributed by atoms with E-state index in [1.807, 2.05) is 61.5 Å². The molecule has 1 aliphatic heterocycles. The molecule has 7 heteroatoms. The summed E-state index contributed by atoms with van der Waals surface area (Å²) in [5.74, 6) is -0.195. The van der Waals surface area contributed by atoms with Crippen LogP contribution in [0.5, 0.6) is 0 Å². The smallest absolute Gasteiger partial charge is 0.368 e. The summed E-state index contributed by atoms with van der Waals surface area (Å²) in [6.07, 6.45) is -1.67. The van der Waals surface area contributed by atoms with Gasteiger partial charge in [0.1, 0.15) is 0 Å². The molecule has 0 aliphatic carbocycles. The molecule has 0 atom stereocenters. The van der Waals surface area contributed by atoms with Crippen LogP contribution < -0.4 is 4.90 Å². The third-order valence-electron chi connectivity index (χ3n) is 5.75. The van der Waals surface area contributed by atoms with E-state index in [9.17, 15) is 18.0 Å². The summed E-state index contributed by atoms with van der Waals surface area (Å²) < 4.78 is 41.3. The molecule has 0 aromatic heterocycles. The molecule has 0 radical (unpaired) electrons. The fourth-order valence-electron chi connectivity index (χ4n) is 3.85. The van der Waals surface area contributed by atoms with Gasteiger partial charge in [0.2, 0.25) is 5.91 Å². The first kappa shape index (κ1) is 24.0. The number of carbonyl (C=O) groups excluding carboxylic acids is 1. The topological polar surface area (TPSA) is 23.6 Å². The van der Waals surface area contributed by atoms with Gasteiger partial charge in [0.15, 0.2) is 0 Å². The Morgan fingerprint density at radius 2 is 1.56 bits per heavy atom. The highest BCUT2D eigenvalue weighted by Gasteiger charge is 2.34. The molecule has 0 unspecified atom stereocenters. The van der Waals surface area contributed by atoms with Crippen LogP contribution in [-0.4, -0.2) is 37.0 Å². The normalized spacial score (nSPS) is 14.6. The summed E-state index contributed by atoms with van der Waals surface area (Å²) in [7, 11) is 0. The number of nitrogens with zero attached hydrogens (tertiary/aromatic N) is 2. The molecule has 1 aliphatic rings. The zero-order valence-electron chi connectivity index (χ0n) is 18.8. The van der Waals surface area contributed by atoms with Crippen LogP contribution in [0.1, 0.15) is 16.7 Å². The maximum atomic E-state index is 13.8. The van der Waals surface area contributed by atoms with E-state index in [2.05, 4.69) is 4.90 Å². The van der Waals surface area contributed by atoms with E-state index < -0.39 is 11.7 Å². The molecule has 0 bridgehead atoms. The van der Waals surface area contributed by atoms with Gasteiger partial charge in [-0.3, -0.25) is 4.79 Å². The van der Waals surface area contributed by atoms with Gasteiger partial charge in [-0.1, -0.05) is 54.2 Å². The summed E-state index contributed by atoms with van der Waals surface area (Å²) in [5, 5.41) is 0. The minimum absolute atomic E-state index is 0.141. The number of amides is 1. The van der Waals surface area contributed by atoms with Gasteiger partial charge in [0, 0.05) is 47.7 Å². The van der Waals surface area contributed by atoms with Crippen LogP contribution in [0.3, 0.4) is 0 Å². The maximum Gasteiger partial charge on any atom is 0.417 e. The second-order valence-corrected chi connectivity index (χ2v) is 9.19. The first-order valence-electron chi connectivity index (χ1n) is 11.0. The Kier molecular flexibility index (Phi) is 7.32. The number of halogens is 3. The Morgan fingerprint density at radius 1 is 0.882 bits per heavy atom. The van der Waals surface area contributed by atoms with Gasteiger partial charge in [0.05, 0.1) is 5.56 Å². The highest BCUT2D eigenvalue weighted by atomic mass is 32.2. The standard InChI is InChI=1S/C27H25F3N2OS/c1-20-7-5-6-10-24(20)34-25-13-11-21(19-23(25)27(28,29)30)12-14-26(33)32-17-15-31(16-18-32)22-8-3-2-4-9-22/h2-14,19H,15-18H2,1H3. The summed E-state index contributed by atoms with van der Waals surface area (Å²) in [4.78, 5) is 17.5. The van der Waals surface area contributed by atoms with E-state index >= 15 is 0 Å². The van der Waals surface area contributed by atoms with Gasteiger partial charge in [-0.15, -0.1) is 0 Å². The van der Waals surface area contributed by atoms with Gasteiger partial charge >= 0.3 is 6.18 Å². The van der Waals surface area contributed by atoms with Crippen molar-refractivity contribution in [1.29, 1.82) is 0 Å². The molecule has 1 fully saturated rings. The highest BCUT2D eigenvalue weighted by Crippen LogP contribution is 2.41. The highest BCUT2D eigenvalue weighted by molar-refractivity contribution is 7.99. The molecule has 0 N–H and O–H groups in total. The minimum Gasteiger partial charge on any atom is -0.368 e. The Morgan fingerprint density at radius 3 is 2.24 bits per heavy atom. The molecule has 34 heavy (non-hydrogen) atoms. The number of para-hydroxylation sites is 1. The number of hydrogen-bond acceptors (Lipinski definition) is 3. The molecular weight excluding hydrogens is 457 g/mol. The second-order valence-electron chi connectivity index (χ2n) is 8.10. The second kappa shape index (κ2) is 10.4. The number of benzene rings is 3. The summed E-state index contributed by atoms with van der Waals surface area (Å²) >= 11 is 1.10. The molecule has 4 rings (SSSR count). The van der Waals surface area contributed by atoms with Gasteiger partial charge in [-0.05, 0) is 54.5 Å². The zero-order valence-corrected chi connectivity index (χ0v) is 19.6. The van der Waals surface area contributed by atoms with Crippen LogP contribution in [0.15, 0.2) is 88.7 Å². The summed E-state index contributed by atoms with van der Waals surface area (Å²) in [6.45, 7) is 4.44. The Bertz CT molecular complexity index is 1170. The van der Waals surface area contributed by atoms with E-state index in [1.54, 1.807) is 11.0 Å². The molecule has 3 nitrogen and oxygen atoms in total. The molecular formula is C27H25F3N2OS. The van der Waals surface area contributed by atoms with E-state index in [-0.39, 0.29) is 10.8 Å².